The van der Waals surface area contributed by atoms with E-state index in [4.69, 9.17) is 4.74 Å². The van der Waals surface area contributed by atoms with E-state index in [-0.39, 0.29) is 24.3 Å². The summed E-state index contributed by atoms with van der Waals surface area (Å²) >= 11 is 0. The molecule has 0 aliphatic carbocycles. The third-order valence-electron chi connectivity index (χ3n) is 6.53. The van der Waals surface area contributed by atoms with E-state index in [0.29, 0.717) is 42.5 Å². The van der Waals surface area contributed by atoms with Crippen LogP contribution in [0.2, 0.25) is 0 Å². The van der Waals surface area contributed by atoms with E-state index in [1.54, 1.807) is 12.1 Å². The molecule has 0 aromatic heterocycles. The minimum absolute atomic E-state index is 0.0309. The summed E-state index contributed by atoms with van der Waals surface area (Å²) in [5, 5.41) is 3.09. The topological polar surface area (TPSA) is 79.0 Å². The standard InChI is InChI=1S/C24H35N3O4/c1-4-18(5-2)21(26-11-13-31-14-12-26)16-25-22(28)7-6-10-27-23(29)19-9-8-17(3)15-20(19)24(27)30/h8-9,15,18,21H,4-7,10-14,16H2,1-3H3,(H,25,28). The van der Waals surface area contributed by atoms with E-state index in [1.165, 1.54) is 4.90 Å². The second kappa shape index (κ2) is 10.9. The smallest absolute Gasteiger partial charge is 0.261 e. The summed E-state index contributed by atoms with van der Waals surface area (Å²) in [5.41, 5.74) is 1.87. The average molecular weight is 430 g/mol. The molecular weight excluding hydrogens is 394 g/mol. The fraction of sp³-hybridized carbons (Fsp3) is 0.625. The normalized spacial score (nSPS) is 17.9. The number of imide groups is 1. The number of nitrogens with one attached hydrogen (secondary N) is 1. The molecule has 1 unspecified atom stereocenters. The number of hydrogen-bond acceptors (Lipinski definition) is 5. The van der Waals surface area contributed by atoms with E-state index in [1.807, 2.05) is 13.0 Å². The van der Waals surface area contributed by atoms with Crippen LogP contribution in [0.15, 0.2) is 18.2 Å². The van der Waals surface area contributed by atoms with Crippen LogP contribution >= 0.6 is 0 Å². The number of fused-ring (bicyclic) bond motifs is 1. The number of morpholine rings is 1. The lowest BCUT2D eigenvalue weighted by Crippen LogP contribution is -2.52. The van der Waals surface area contributed by atoms with Crippen LogP contribution in [0, 0.1) is 12.8 Å². The molecule has 1 N–H and O–H groups in total. The third kappa shape index (κ3) is 5.52. The van der Waals surface area contributed by atoms with Gasteiger partial charge in [-0.2, -0.15) is 0 Å². The molecule has 0 saturated carbocycles. The van der Waals surface area contributed by atoms with Crippen LogP contribution in [0.3, 0.4) is 0 Å². The monoisotopic (exact) mass is 429 g/mol. The first kappa shape index (κ1) is 23.4. The van der Waals surface area contributed by atoms with Gasteiger partial charge in [0.15, 0.2) is 0 Å². The number of carbonyl (C=O) groups excluding carboxylic acids is 3. The molecule has 0 bridgehead atoms. The molecule has 1 saturated heterocycles. The van der Waals surface area contributed by atoms with E-state index in [2.05, 4.69) is 24.1 Å². The van der Waals surface area contributed by atoms with E-state index < -0.39 is 0 Å². The number of amides is 3. The van der Waals surface area contributed by atoms with Crippen molar-refractivity contribution < 1.29 is 19.1 Å². The predicted octanol–water partition coefficient (Wildman–Crippen LogP) is 2.62. The predicted molar refractivity (Wildman–Crippen MR) is 119 cm³/mol. The zero-order valence-corrected chi connectivity index (χ0v) is 19.0. The molecule has 31 heavy (non-hydrogen) atoms. The average Bonchev–Trinajstić information content (AvgIpc) is 3.01. The van der Waals surface area contributed by atoms with Gasteiger partial charge >= 0.3 is 0 Å². The minimum Gasteiger partial charge on any atom is -0.379 e. The zero-order valence-electron chi connectivity index (χ0n) is 19.0. The molecular formula is C24H35N3O4. The van der Waals surface area contributed by atoms with Crippen molar-refractivity contribution in [2.24, 2.45) is 5.92 Å². The molecule has 7 nitrogen and oxygen atoms in total. The van der Waals surface area contributed by atoms with Crippen molar-refractivity contribution in [3.63, 3.8) is 0 Å². The number of nitrogens with zero attached hydrogens (tertiary/aromatic N) is 2. The molecule has 2 aliphatic rings. The van der Waals surface area contributed by atoms with Gasteiger partial charge in [0.1, 0.15) is 0 Å². The van der Waals surface area contributed by atoms with E-state index in [9.17, 15) is 14.4 Å². The molecule has 1 aromatic rings. The Balaban J connectivity index is 1.48. The van der Waals surface area contributed by atoms with E-state index in [0.717, 1.165) is 44.7 Å². The number of rotatable bonds is 10. The number of carbonyl (C=O) groups is 3. The maximum Gasteiger partial charge on any atom is 0.261 e. The summed E-state index contributed by atoms with van der Waals surface area (Å²) in [6.45, 7) is 10.5. The zero-order chi connectivity index (χ0) is 22.4. The first-order valence-electron chi connectivity index (χ1n) is 11.5. The van der Waals surface area contributed by atoms with Crippen molar-refractivity contribution in [3.8, 4) is 0 Å². The fourth-order valence-corrected chi connectivity index (χ4v) is 4.65. The Morgan fingerprint density at radius 2 is 1.77 bits per heavy atom. The lowest BCUT2D eigenvalue weighted by molar-refractivity contribution is -0.121. The molecule has 3 amide bonds. The molecule has 7 heteroatoms. The number of hydrogen-bond donors (Lipinski definition) is 1. The minimum atomic E-state index is -0.262. The Kier molecular flexibility index (Phi) is 8.21. The SMILES string of the molecule is CCC(CC)C(CNC(=O)CCCN1C(=O)c2ccc(C)cc2C1=O)N1CCOCC1. The largest absolute Gasteiger partial charge is 0.379 e. The highest BCUT2D eigenvalue weighted by Gasteiger charge is 2.35. The van der Waals surface area contributed by atoms with Gasteiger partial charge in [-0.05, 0) is 31.4 Å². The van der Waals surface area contributed by atoms with Gasteiger partial charge in [0.05, 0.1) is 24.3 Å². The number of ether oxygens (including phenoxy) is 1. The fourth-order valence-electron chi connectivity index (χ4n) is 4.65. The molecule has 0 radical (unpaired) electrons. The van der Waals surface area contributed by atoms with Crippen LogP contribution in [0.1, 0.15) is 65.8 Å². The van der Waals surface area contributed by atoms with E-state index >= 15 is 0 Å². The second-order valence-corrected chi connectivity index (χ2v) is 8.51. The van der Waals surface area contributed by atoms with Crippen molar-refractivity contribution in [3.05, 3.63) is 34.9 Å². The quantitative estimate of drug-likeness (QED) is 0.579. The molecule has 1 fully saturated rings. The second-order valence-electron chi connectivity index (χ2n) is 8.51. The Morgan fingerprint density at radius 1 is 1.10 bits per heavy atom. The molecule has 3 rings (SSSR count). The van der Waals surface area contributed by atoms with Gasteiger partial charge in [-0.15, -0.1) is 0 Å². The van der Waals surface area contributed by atoms with Crippen LogP contribution in [0.25, 0.3) is 0 Å². The van der Waals surface area contributed by atoms with Gasteiger partial charge in [0, 0.05) is 38.6 Å². The lowest BCUT2D eigenvalue weighted by atomic mass is 9.92. The Bertz CT molecular complexity index is 800. The van der Waals surface area contributed by atoms with Crippen molar-refractivity contribution in [1.82, 2.24) is 15.1 Å². The summed E-state index contributed by atoms with van der Waals surface area (Å²) in [7, 11) is 0. The van der Waals surface area contributed by atoms with Gasteiger partial charge in [-0.1, -0.05) is 38.3 Å². The highest BCUT2D eigenvalue weighted by Crippen LogP contribution is 2.24. The van der Waals surface area contributed by atoms with Crippen LogP contribution in [0.4, 0.5) is 0 Å². The number of aryl methyl sites for hydroxylation is 1. The van der Waals surface area contributed by atoms with Crippen molar-refractivity contribution in [2.75, 3.05) is 39.4 Å². The Morgan fingerprint density at radius 3 is 2.45 bits per heavy atom. The van der Waals surface area contributed by atoms with Gasteiger partial charge < -0.3 is 10.1 Å². The summed E-state index contributed by atoms with van der Waals surface area (Å²) in [6.07, 6.45) is 2.91. The van der Waals surface area contributed by atoms with Gasteiger partial charge in [0.2, 0.25) is 5.91 Å². The lowest BCUT2D eigenvalue weighted by Gasteiger charge is -2.38. The number of benzene rings is 1. The van der Waals surface area contributed by atoms with Crippen molar-refractivity contribution in [2.45, 2.75) is 52.5 Å². The van der Waals surface area contributed by atoms with Gasteiger partial charge in [-0.3, -0.25) is 24.2 Å². The Hall–Kier alpha value is -2.25. The maximum absolute atomic E-state index is 12.6. The van der Waals surface area contributed by atoms with Gasteiger partial charge in [0.25, 0.3) is 11.8 Å². The maximum atomic E-state index is 12.6. The molecule has 2 heterocycles. The first-order chi connectivity index (χ1) is 15.0. The summed E-state index contributed by atoms with van der Waals surface area (Å²) in [5.74, 6) is -0.0244. The third-order valence-corrected chi connectivity index (χ3v) is 6.53. The highest BCUT2D eigenvalue weighted by atomic mass is 16.5. The van der Waals surface area contributed by atoms with Crippen LogP contribution in [0.5, 0.6) is 0 Å². The molecule has 170 valence electrons. The van der Waals surface area contributed by atoms with Crippen LogP contribution in [-0.4, -0.2) is 73.0 Å². The molecule has 0 spiro atoms. The summed E-state index contributed by atoms with van der Waals surface area (Å²) < 4.78 is 5.48. The summed E-state index contributed by atoms with van der Waals surface area (Å²) in [4.78, 5) is 41.3. The highest BCUT2D eigenvalue weighted by molar-refractivity contribution is 6.21. The van der Waals surface area contributed by atoms with Crippen LogP contribution < -0.4 is 5.32 Å². The summed E-state index contributed by atoms with van der Waals surface area (Å²) in [6, 6.07) is 5.61. The molecule has 1 atom stereocenters. The molecule has 1 aromatic carbocycles. The molecule has 2 aliphatic heterocycles. The van der Waals surface area contributed by atoms with Crippen LogP contribution in [-0.2, 0) is 9.53 Å². The first-order valence-corrected chi connectivity index (χ1v) is 11.5. The van der Waals surface area contributed by atoms with Gasteiger partial charge in [-0.25, -0.2) is 0 Å². The van der Waals surface area contributed by atoms with Crippen molar-refractivity contribution >= 4 is 17.7 Å². The Labute approximate surface area is 185 Å². The van der Waals surface area contributed by atoms with Crippen molar-refractivity contribution in [1.29, 1.82) is 0 Å².